The fraction of sp³-hybridized carbons (Fsp3) is 0.667. The van der Waals surface area contributed by atoms with E-state index >= 15 is 0 Å². The lowest BCUT2D eigenvalue weighted by Crippen LogP contribution is -2.43. The lowest BCUT2D eigenvalue weighted by atomic mass is 9.84. The van der Waals surface area contributed by atoms with Gasteiger partial charge in [0.25, 0.3) is 0 Å². The van der Waals surface area contributed by atoms with Gasteiger partial charge in [0.1, 0.15) is 0 Å². The second kappa shape index (κ2) is 7.68. The number of nitrogens with zero attached hydrogens (tertiary/aromatic N) is 1. The predicted molar refractivity (Wildman–Crippen MR) is 88.5 cm³/mol. The number of benzene rings is 1. The van der Waals surface area contributed by atoms with Gasteiger partial charge in [0.05, 0.1) is 0 Å². The number of hydrogen-bond acceptors (Lipinski definition) is 2. The van der Waals surface area contributed by atoms with Crippen molar-refractivity contribution in [2.24, 2.45) is 5.92 Å². The summed E-state index contributed by atoms with van der Waals surface area (Å²) in [5.41, 5.74) is 2.68. The van der Waals surface area contributed by atoms with Crippen molar-refractivity contribution in [1.29, 1.82) is 0 Å². The Morgan fingerprint density at radius 3 is 2.55 bits per heavy atom. The van der Waals surface area contributed by atoms with Crippen LogP contribution in [-0.2, 0) is 0 Å². The largest absolute Gasteiger partial charge is 0.374 e. The molecule has 0 aromatic heterocycles. The summed E-state index contributed by atoms with van der Waals surface area (Å²) < 4.78 is 0. The Balaban J connectivity index is 1.93. The zero-order chi connectivity index (χ0) is 14.4. The van der Waals surface area contributed by atoms with Crippen LogP contribution in [0.3, 0.4) is 0 Å². The minimum Gasteiger partial charge on any atom is -0.374 e. The van der Waals surface area contributed by atoms with E-state index in [0.29, 0.717) is 0 Å². The molecule has 112 valence electrons. The van der Waals surface area contributed by atoms with Crippen molar-refractivity contribution in [3.8, 4) is 0 Å². The zero-order valence-corrected chi connectivity index (χ0v) is 13.4. The van der Waals surface area contributed by atoms with Gasteiger partial charge >= 0.3 is 0 Å². The highest BCUT2D eigenvalue weighted by molar-refractivity contribution is 5.46. The van der Waals surface area contributed by atoms with Crippen LogP contribution in [0.15, 0.2) is 24.3 Å². The molecule has 1 aliphatic rings. The van der Waals surface area contributed by atoms with Crippen LogP contribution < -0.4 is 10.2 Å². The van der Waals surface area contributed by atoms with E-state index < -0.39 is 0 Å². The molecule has 1 aromatic rings. The third kappa shape index (κ3) is 4.24. The fourth-order valence-electron chi connectivity index (χ4n) is 3.28. The van der Waals surface area contributed by atoms with Crippen molar-refractivity contribution in [1.82, 2.24) is 5.32 Å². The van der Waals surface area contributed by atoms with E-state index in [9.17, 15) is 0 Å². The monoisotopic (exact) mass is 274 g/mol. The van der Waals surface area contributed by atoms with E-state index in [2.05, 4.69) is 55.4 Å². The van der Waals surface area contributed by atoms with Crippen molar-refractivity contribution >= 4 is 5.69 Å². The summed E-state index contributed by atoms with van der Waals surface area (Å²) in [6, 6.07) is 9.62. The summed E-state index contributed by atoms with van der Waals surface area (Å²) in [5, 5.41) is 3.76. The van der Waals surface area contributed by atoms with E-state index in [4.69, 9.17) is 0 Å². The van der Waals surface area contributed by atoms with Crippen molar-refractivity contribution in [2.75, 3.05) is 25.0 Å². The minimum absolute atomic E-state index is 0.719. The maximum atomic E-state index is 3.76. The number of rotatable bonds is 6. The van der Waals surface area contributed by atoms with Gasteiger partial charge in [-0.3, -0.25) is 0 Å². The Morgan fingerprint density at radius 1 is 1.15 bits per heavy atom. The molecule has 0 aliphatic heterocycles. The number of anilines is 1. The Kier molecular flexibility index (Phi) is 5.90. The summed E-state index contributed by atoms with van der Waals surface area (Å²) in [6.45, 7) is 6.73. The van der Waals surface area contributed by atoms with Crippen LogP contribution in [-0.4, -0.2) is 26.2 Å². The molecular weight excluding hydrogens is 244 g/mol. The van der Waals surface area contributed by atoms with Crippen molar-refractivity contribution in [3.63, 3.8) is 0 Å². The molecule has 0 amide bonds. The molecule has 1 saturated carbocycles. The maximum absolute atomic E-state index is 3.76. The average Bonchev–Trinajstić information content (AvgIpc) is 2.47. The van der Waals surface area contributed by atoms with Crippen molar-refractivity contribution in [3.05, 3.63) is 29.8 Å². The van der Waals surface area contributed by atoms with Gasteiger partial charge in [0.2, 0.25) is 0 Å². The number of nitrogens with one attached hydrogen (secondary N) is 1. The molecule has 2 rings (SSSR count). The Labute approximate surface area is 124 Å². The van der Waals surface area contributed by atoms with Gasteiger partial charge in [-0.15, -0.1) is 0 Å². The van der Waals surface area contributed by atoms with Gasteiger partial charge in [-0.05, 0) is 50.8 Å². The van der Waals surface area contributed by atoms with Crippen LogP contribution in [0.25, 0.3) is 0 Å². The second-order valence-corrected chi connectivity index (χ2v) is 6.32. The van der Waals surface area contributed by atoms with E-state index in [1.165, 1.54) is 49.9 Å². The third-order valence-electron chi connectivity index (χ3n) is 4.55. The molecule has 20 heavy (non-hydrogen) atoms. The van der Waals surface area contributed by atoms with Gasteiger partial charge in [-0.1, -0.05) is 37.5 Å². The molecule has 0 saturated heterocycles. The minimum atomic E-state index is 0.719. The van der Waals surface area contributed by atoms with Gasteiger partial charge in [-0.2, -0.15) is 0 Å². The molecule has 0 radical (unpaired) electrons. The first-order valence-electron chi connectivity index (χ1n) is 8.22. The molecule has 1 aliphatic carbocycles. The lowest BCUT2D eigenvalue weighted by Gasteiger charge is -2.35. The normalized spacial score (nSPS) is 22.8. The summed E-state index contributed by atoms with van der Waals surface area (Å²) in [4.78, 5) is 2.43. The average molecular weight is 274 g/mol. The molecule has 0 spiro atoms. The van der Waals surface area contributed by atoms with E-state index in [-0.39, 0.29) is 0 Å². The lowest BCUT2D eigenvalue weighted by molar-refractivity contribution is 0.266. The molecule has 2 nitrogen and oxygen atoms in total. The highest BCUT2D eigenvalue weighted by Crippen LogP contribution is 2.26. The highest BCUT2D eigenvalue weighted by atomic mass is 15.1. The molecule has 2 heteroatoms. The van der Waals surface area contributed by atoms with Crippen LogP contribution in [0.4, 0.5) is 5.69 Å². The third-order valence-corrected chi connectivity index (χ3v) is 4.55. The zero-order valence-electron chi connectivity index (χ0n) is 13.4. The molecule has 0 bridgehead atoms. The Morgan fingerprint density at radius 2 is 1.85 bits per heavy atom. The van der Waals surface area contributed by atoms with Crippen LogP contribution in [0.1, 0.15) is 44.6 Å². The van der Waals surface area contributed by atoms with E-state index in [1.807, 2.05) is 0 Å². The first kappa shape index (κ1) is 15.4. The fourth-order valence-corrected chi connectivity index (χ4v) is 3.28. The van der Waals surface area contributed by atoms with Gasteiger partial charge in [-0.25, -0.2) is 0 Å². The van der Waals surface area contributed by atoms with Crippen LogP contribution in [0.2, 0.25) is 0 Å². The second-order valence-electron chi connectivity index (χ2n) is 6.32. The first-order valence-corrected chi connectivity index (χ1v) is 8.22. The number of aryl methyl sites for hydroxylation is 1. The molecule has 1 aromatic carbocycles. The Bertz CT molecular complexity index is 385. The summed E-state index contributed by atoms with van der Waals surface area (Å²) in [5.74, 6) is 0.793. The van der Waals surface area contributed by atoms with Gasteiger partial charge in [0.15, 0.2) is 0 Å². The van der Waals surface area contributed by atoms with E-state index in [1.54, 1.807) is 0 Å². The number of hydrogen-bond donors (Lipinski definition) is 1. The topological polar surface area (TPSA) is 15.3 Å². The SMILES string of the molecule is CCCNC1CCCCC1CN(C)c1ccc(C)cc1. The first-order chi connectivity index (χ1) is 9.70. The molecule has 1 fully saturated rings. The quantitative estimate of drug-likeness (QED) is 0.844. The van der Waals surface area contributed by atoms with Crippen LogP contribution in [0.5, 0.6) is 0 Å². The van der Waals surface area contributed by atoms with Crippen LogP contribution >= 0.6 is 0 Å². The summed E-state index contributed by atoms with van der Waals surface area (Å²) >= 11 is 0. The Hall–Kier alpha value is -1.02. The van der Waals surface area contributed by atoms with Crippen molar-refractivity contribution < 1.29 is 0 Å². The molecule has 1 N–H and O–H groups in total. The van der Waals surface area contributed by atoms with Crippen LogP contribution in [0, 0.1) is 12.8 Å². The standard InChI is InChI=1S/C18H30N2/c1-4-13-19-18-8-6-5-7-16(18)14-20(3)17-11-9-15(2)10-12-17/h9-12,16,18-19H,4-8,13-14H2,1-3H3. The molecule has 2 unspecified atom stereocenters. The van der Waals surface area contributed by atoms with Gasteiger partial charge in [0, 0.05) is 25.3 Å². The molecular formula is C18H30N2. The molecule has 0 heterocycles. The predicted octanol–water partition coefficient (Wildman–Crippen LogP) is 3.99. The van der Waals surface area contributed by atoms with Crippen molar-refractivity contribution in [2.45, 2.75) is 52.0 Å². The maximum Gasteiger partial charge on any atom is 0.0363 e. The van der Waals surface area contributed by atoms with Gasteiger partial charge < -0.3 is 10.2 Å². The van der Waals surface area contributed by atoms with E-state index in [0.717, 1.165) is 18.5 Å². The summed E-state index contributed by atoms with van der Waals surface area (Å²) in [6.07, 6.45) is 6.75. The smallest absolute Gasteiger partial charge is 0.0363 e. The summed E-state index contributed by atoms with van der Waals surface area (Å²) in [7, 11) is 2.23. The molecule has 2 atom stereocenters. The highest BCUT2D eigenvalue weighted by Gasteiger charge is 2.25.